The van der Waals surface area contributed by atoms with Gasteiger partial charge in [0.15, 0.2) is 0 Å². The van der Waals surface area contributed by atoms with E-state index in [4.69, 9.17) is 17.0 Å². The van der Waals surface area contributed by atoms with Gasteiger partial charge in [-0.05, 0) is 18.2 Å². The number of nitrogens with zero attached hydrogens (tertiary/aromatic N) is 3. The number of rotatable bonds is 0. The molecule has 0 unspecified atom stereocenters. The molecule has 4 heteroatoms. The zero-order valence-corrected chi connectivity index (χ0v) is 6.78. The van der Waals surface area contributed by atoms with E-state index in [1.807, 2.05) is 6.07 Å². The van der Waals surface area contributed by atoms with Gasteiger partial charge in [-0.3, -0.25) is 0 Å². The minimum absolute atomic E-state index is 0.595. The molecule has 0 N–H and O–H groups in total. The summed E-state index contributed by atoms with van der Waals surface area (Å²) in [6, 6.07) is 7.22. The summed E-state index contributed by atoms with van der Waals surface area (Å²) in [5.41, 5.74) is 2.15. The fraction of sp³-hybridized carbons (Fsp3) is 0. The average molecular weight is 178 g/mol. The molecular weight excluding hydrogens is 174 g/mol. The second kappa shape index (κ2) is 2.50. The maximum Gasteiger partial charge on any atom is 0.111 e. The topological polar surface area (TPSA) is 41.6 Å². The molecule has 0 aliphatic heterocycles. The second-order valence-electron chi connectivity index (χ2n) is 2.37. The Morgan fingerprint density at radius 1 is 1.50 bits per heavy atom. The summed E-state index contributed by atoms with van der Waals surface area (Å²) in [7, 11) is 0. The van der Waals surface area contributed by atoms with Gasteiger partial charge in [0.1, 0.15) is 6.33 Å². The van der Waals surface area contributed by atoms with E-state index in [1.54, 1.807) is 18.2 Å². The van der Waals surface area contributed by atoms with Crippen LogP contribution in [0.5, 0.6) is 0 Å². The van der Waals surface area contributed by atoms with Crippen LogP contribution in [-0.2, 0) is 0 Å². The quantitative estimate of drug-likeness (QED) is 0.617. The van der Waals surface area contributed by atoms with Crippen LogP contribution in [-0.4, -0.2) is 9.07 Å². The molecule has 12 heavy (non-hydrogen) atoms. The fourth-order valence-corrected chi connectivity index (χ4v) is 1.24. The number of hydrogen-bond acceptors (Lipinski definition) is 2. The summed E-state index contributed by atoms with van der Waals surface area (Å²) in [5, 5.41) is 8.59. The summed E-state index contributed by atoms with van der Waals surface area (Å²) in [6.07, 6.45) is 1.51. The van der Waals surface area contributed by atoms with Gasteiger partial charge in [0.05, 0.1) is 22.7 Å². The van der Waals surface area contributed by atoms with E-state index in [0.717, 1.165) is 11.0 Å². The van der Waals surface area contributed by atoms with Crippen molar-refractivity contribution in [1.29, 1.82) is 5.26 Å². The van der Waals surface area contributed by atoms with E-state index in [1.165, 1.54) is 10.4 Å². The summed E-state index contributed by atoms with van der Waals surface area (Å²) >= 11 is 5.74. The van der Waals surface area contributed by atoms with Crippen LogP contribution in [0.4, 0.5) is 0 Å². The van der Waals surface area contributed by atoms with Crippen molar-refractivity contribution >= 4 is 22.8 Å². The third kappa shape index (κ3) is 0.936. The van der Waals surface area contributed by atoms with Crippen LogP contribution in [0.1, 0.15) is 5.56 Å². The van der Waals surface area contributed by atoms with Crippen LogP contribution >= 0.6 is 11.8 Å². The minimum atomic E-state index is 0.595. The van der Waals surface area contributed by atoms with E-state index in [0.29, 0.717) is 5.56 Å². The highest BCUT2D eigenvalue weighted by Crippen LogP contribution is 2.14. The fourth-order valence-electron chi connectivity index (χ4n) is 1.05. The highest BCUT2D eigenvalue weighted by atomic mass is 35.5. The maximum absolute atomic E-state index is 8.59. The first kappa shape index (κ1) is 7.14. The zero-order chi connectivity index (χ0) is 8.55. The SMILES string of the molecule is N#Cc1ccc2c(c1)ncn2Cl. The third-order valence-corrected chi connectivity index (χ3v) is 1.90. The van der Waals surface area contributed by atoms with Crippen molar-refractivity contribution in [1.82, 2.24) is 9.07 Å². The molecule has 0 atom stereocenters. The molecule has 1 aromatic carbocycles. The van der Waals surface area contributed by atoms with Crippen LogP contribution in [0.3, 0.4) is 0 Å². The summed E-state index contributed by atoms with van der Waals surface area (Å²) < 4.78 is 1.40. The Labute approximate surface area is 73.9 Å². The molecule has 3 nitrogen and oxygen atoms in total. The summed E-state index contributed by atoms with van der Waals surface area (Å²) in [5.74, 6) is 0. The van der Waals surface area contributed by atoms with Crippen LogP contribution in [0.15, 0.2) is 24.5 Å². The number of imidazole rings is 1. The number of aromatic nitrogens is 2. The second-order valence-corrected chi connectivity index (χ2v) is 2.74. The summed E-state index contributed by atoms with van der Waals surface area (Å²) in [6.45, 7) is 0. The lowest BCUT2D eigenvalue weighted by Gasteiger charge is -1.90. The van der Waals surface area contributed by atoms with Gasteiger partial charge >= 0.3 is 0 Å². The lowest BCUT2D eigenvalue weighted by molar-refractivity contribution is 1.25. The molecule has 58 valence electrons. The molecule has 0 amide bonds. The van der Waals surface area contributed by atoms with Crippen molar-refractivity contribution < 1.29 is 0 Å². The van der Waals surface area contributed by atoms with E-state index in [-0.39, 0.29) is 0 Å². The van der Waals surface area contributed by atoms with E-state index < -0.39 is 0 Å². The lowest BCUT2D eigenvalue weighted by Crippen LogP contribution is -1.77. The van der Waals surface area contributed by atoms with Crippen molar-refractivity contribution in [2.45, 2.75) is 0 Å². The van der Waals surface area contributed by atoms with Gasteiger partial charge < -0.3 is 0 Å². The molecule has 1 aromatic heterocycles. The number of hydrogen-bond donors (Lipinski definition) is 0. The van der Waals surface area contributed by atoms with Crippen LogP contribution in [0.25, 0.3) is 11.0 Å². The van der Waals surface area contributed by atoms with Crippen molar-refractivity contribution in [3.63, 3.8) is 0 Å². The molecule has 0 radical (unpaired) electrons. The van der Waals surface area contributed by atoms with Gasteiger partial charge in [0.25, 0.3) is 0 Å². The molecular formula is C8H4ClN3. The molecule has 0 aliphatic rings. The van der Waals surface area contributed by atoms with Crippen LogP contribution in [0, 0.1) is 11.3 Å². The number of halogens is 1. The van der Waals surface area contributed by atoms with Gasteiger partial charge in [-0.15, -0.1) is 0 Å². The predicted octanol–water partition coefficient (Wildman–Crippen LogP) is 1.91. The zero-order valence-electron chi connectivity index (χ0n) is 6.03. The molecule has 0 bridgehead atoms. The molecule has 0 spiro atoms. The van der Waals surface area contributed by atoms with Crippen molar-refractivity contribution in [3.05, 3.63) is 30.1 Å². The Kier molecular flexibility index (Phi) is 1.49. The van der Waals surface area contributed by atoms with Crippen molar-refractivity contribution in [3.8, 4) is 6.07 Å². The predicted molar refractivity (Wildman–Crippen MR) is 45.7 cm³/mol. The Morgan fingerprint density at radius 3 is 3.08 bits per heavy atom. The highest BCUT2D eigenvalue weighted by Gasteiger charge is 2.00. The van der Waals surface area contributed by atoms with Gasteiger partial charge in [-0.25, -0.2) is 9.07 Å². The van der Waals surface area contributed by atoms with E-state index in [2.05, 4.69) is 4.98 Å². The molecule has 0 fully saturated rings. The number of nitriles is 1. The van der Waals surface area contributed by atoms with Crippen molar-refractivity contribution in [2.24, 2.45) is 0 Å². The first-order valence-corrected chi connectivity index (χ1v) is 3.68. The molecule has 0 saturated carbocycles. The number of benzene rings is 1. The van der Waals surface area contributed by atoms with E-state index in [9.17, 15) is 0 Å². The smallest absolute Gasteiger partial charge is 0.111 e. The summed E-state index contributed by atoms with van der Waals surface area (Å²) in [4.78, 5) is 4.01. The van der Waals surface area contributed by atoms with Gasteiger partial charge in [0, 0.05) is 11.8 Å². The first-order valence-electron chi connectivity index (χ1n) is 3.34. The molecule has 0 saturated heterocycles. The third-order valence-electron chi connectivity index (χ3n) is 1.63. The van der Waals surface area contributed by atoms with Gasteiger partial charge in [0.2, 0.25) is 0 Å². The van der Waals surface area contributed by atoms with Gasteiger partial charge in [-0.2, -0.15) is 5.26 Å². The normalized spacial score (nSPS) is 10.0. The average Bonchev–Trinajstić information content (AvgIpc) is 2.47. The Morgan fingerprint density at radius 2 is 2.33 bits per heavy atom. The Bertz CT molecular complexity index is 467. The van der Waals surface area contributed by atoms with E-state index >= 15 is 0 Å². The number of fused-ring (bicyclic) bond motifs is 1. The Balaban J connectivity index is 2.80. The molecule has 0 aliphatic carbocycles. The largest absolute Gasteiger partial charge is 0.241 e. The van der Waals surface area contributed by atoms with Crippen LogP contribution < -0.4 is 0 Å². The maximum atomic E-state index is 8.59. The van der Waals surface area contributed by atoms with Crippen molar-refractivity contribution in [2.75, 3.05) is 0 Å². The molecule has 2 aromatic rings. The standard InChI is InChI=1S/C8H4ClN3/c9-12-5-11-7-3-6(4-10)1-2-8(7)12/h1-3,5H. The monoisotopic (exact) mass is 177 g/mol. The molecule has 2 rings (SSSR count). The lowest BCUT2D eigenvalue weighted by atomic mass is 10.2. The Hall–Kier alpha value is -1.53. The first-order chi connectivity index (χ1) is 5.81. The van der Waals surface area contributed by atoms with Gasteiger partial charge in [-0.1, -0.05) is 0 Å². The van der Waals surface area contributed by atoms with Crippen LogP contribution in [0.2, 0.25) is 0 Å². The molecule has 1 heterocycles. The minimum Gasteiger partial charge on any atom is -0.241 e. The highest BCUT2D eigenvalue weighted by molar-refractivity contribution is 6.18.